The van der Waals surface area contributed by atoms with Crippen LogP contribution in [-0.4, -0.2) is 23.1 Å². The minimum absolute atomic E-state index is 0.292. The SMILES string of the molecule is Fc1ccc(Cl)cc1-c1cnc(C2CCNC2)[nH]1. The Labute approximate surface area is 109 Å². The Bertz CT molecular complexity index is 561. The average molecular weight is 266 g/mol. The number of hydrogen-bond donors (Lipinski definition) is 2. The first kappa shape index (κ1) is 11.7. The van der Waals surface area contributed by atoms with Crippen molar-refractivity contribution in [3.05, 3.63) is 41.1 Å². The predicted octanol–water partition coefficient (Wildman–Crippen LogP) is 2.95. The number of benzene rings is 1. The van der Waals surface area contributed by atoms with Gasteiger partial charge in [-0.15, -0.1) is 0 Å². The maximum Gasteiger partial charge on any atom is 0.132 e. The summed E-state index contributed by atoms with van der Waals surface area (Å²) in [5.74, 6) is 1.01. The fraction of sp³-hybridized carbons (Fsp3) is 0.308. The summed E-state index contributed by atoms with van der Waals surface area (Å²) in [6.45, 7) is 1.93. The molecule has 1 atom stereocenters. The van der Waals surface area contributed by atoms with Gasteiger partial charge in [0.25, 0.3) is 0 Å². The Morgan fingerprint density at radius 1 is 1.39 bits per heavy atom. The Balaban J connectivity index is 1.94. The van der Waals surface area contributed by atoms with E-state index in [9.17, 15) is 4.39 Å². The van der Waals surface area contributed by atoms with Crippen LogP contribution in [0.5, 0.6) is 0 Å². The quantitative estimate of drug-likeness (QED) is 0.877. The molecule has 0 aliphatic carbocycles. The molecule has 0 saturated carbocycles. The zero-order chi connectivity index (χ0) is 12.5. The van der Waals surface area contributed by atoms with E-state index in [1.807, 2.05) is 0 Å². The molecule has 0 amide bonds. The number of nitrogens with zero attached hydrogens (tertiary/aromatic N) is 1. The molecule has 1 aliphatic rings. The van der Waals surface area contributed by atoms with Crippen LogP contribution in [0.1, 0.15) is 18.2 Å². The van der Waals surface area contributed by atoms with Crippen molar-refractivity contribution in [2.75, 3.05) is 13.1 Å². The van der Waals surface area contributed by atoms with Crippen LogP contribution in [0.4, 0.5) is 4.39 Å². The summed E-state index contributed by atoms with van der Waals surface area (Å²) in [5.41, 5.74) is 1.14. The van der Waals surface area contributed by atoms with Crippen LogP contribution in [0.15, 0.2) is 24.4 Å². The van der Waals surface area contributed by atoms with Gasteiger partial charge in [-0.3, -0.25) is 0 Å². The van der Waals surface area contributed by atoms with Crippen LogP contribution >= 0.6 is 11.6 Å². The molecule has 3 nitrogen and oxygen atoms in total. The zero-order valence-electron chi connectivity index (χ0n) is 9.71. The normalized spacial score (nSPS) is 19.3. The van der Waals surface area contributed by atoms with Crippen molar-refractivity contribution < 1.29 is 4.39 Å². The summed E-state index contributed by atoms with van der Waals surface area (Å²) >= 11 is 5.89. The van der Waals surface area contributed by atoms with Crippen LogP contribution in [0.3, 0.4) is 0 Å². The highest BCUT2D eigenvalue weighted by molar-refractivity contribution is 6.30. The number of hydrogen-bond acceptors (Lipinski definition) is 2. The summed E-state index contributed by atoms with van der Waals surface area (Å²) in [7, 11) is 0. The third-order valence-corrected chi connectivity index (χ3v) is 3.50. The molecule has 3 rings (SSSR count). The van der Waals surface area contributed by atoms with Gasteiger partial charge in [0.15, 0.2) is 0 Å². The third kappa shape index (κ3) is 2.13. The minimum Gasteiger partial charge on any atom is -0.342 e. The van der Waals surface area contributed by atoms with Gasteiger partial charge in [-0.2, -0.15) is 0 Å². The maximum absolute atomic E-state index is 13.7. The van der Waals surface area contributed by atoms with Crippen molar-refractivity contribution in [3.8, 4) is 11.3 Å². The standard InChI is InChI=1S/C13H13ClFN3/c14-9-1-2-11(15)10(5-9)12-7-17-13(18-12)8-3-4-16-6-8/h1-2,5,7-8,16H,3-4,6H2,(H,17,18). The van der Waals surface area contributed by atoms with E-state index in [0.29, 0.717) is 22.2 Å². The van der Waals surface area contributed by atoms with E-state index in [2.05, 4.69) is 15.3 Å². The summed E-state index contributed by atoms with van der Waals surface area (Å²) in [6, 6.07) is 4.52. The molecule has 1 aromatic heterocycles. The van der Waals surface area contributed by atoms with E-state index < -0.39 is 0 Å². The van der Waals surface area contributed by atoms with Crippen molar-refractivity contribution in [1.82, 2.24) is 15.3 Å². The van der Waals surface area contributed by atoms with Crippen LogP contribution in [-0.2, 0) is 0 Å². The van der Waals surface area contributed by atoms with Crippen LogP contribution in [0, 0.1) is 5.82 Å². The molecule has 2 N–H and O–H groups in total. The van der Waals surface area contributed by atoms with Gasteiger partial charge < -0.3 is 10.3 Å². The number of aromatic amines is 1. The van der Waals surface area contributed by atoms with Gasteiger partial charge in [0.05, 0.1) is 11.9 Å². The molecule has 1 aromatic carbocycles. The van der Waals surface area contributed by atoms with Gasteiger partial charge in [0.2, 0.25) is 0 Å². The molecular formula is C13H13ClFN3. The lowest BCUT2D eigenvalue weighted by atomic mass is 10.1. The zero-order valence-corrected chi connectivity index (χ0v) is 10.5. The monoisotopic (exact) mass is 265 g/mol. The Hall–Kier alpha value is -1.39. The molecule has 2 aromatic rings. The summed E-state index contributed by atoms with van der Waals surface area (Å²) in [4.78, 5) is 7.53. The Morgan fingerprint density at radius 2 is 2.28 bits per heavy atom. The van der Waals surface area contributed by atoms with Crippen molar-refractivity contribution in [3.63, 3.8) is 0 Å². The highest BCUT2D eigenvalue weighted by Gasteiger charge is 2.20. The molecule has 1 saturated heterocycles. The highest BCUT2D eigenvalue weighted by Crippen LogP contribution is 2.27. The largest absolute Gasteiger partial charge is 0.342 e. The fourth-order valence-electron chi connectivity index (χ4n) is 2.27. The Kier molecular flexibility index (Phi) is 3.06. The van der Waals surface area contributed by atoms with Crippen molar-refractivity contribution in [2.45, 2.75) is 12.3 Å². The van der Waals surface area contributed by atoms with Crippen molar-refractivity contribution in [2.24, 2.45) is 0 Å². The molecule has 1 fully saturated rings. The van der Waals surface area contributed by atoms with Gasteiger partial charge in [-0.05, 0) is 31.2 Å². The molecule has 18 heavy (non-hydrogen) atoms. The topological polar surface area (TPSA) is 40.7 Å². The molecular weight excluding hydrogens is 253 g/mol. The van der Waals surface area contributed by atoms with E-state index in [4.69, 9.17) is 11.6 Å². The van der Waals surface area contributed by atoms with Gasteiger partial charge in [0.1, 0.15) is 11.6 Å². The predicted molar refractivity (Wildman–Crippen MR) is 69.2 cm³/mol. The molecule has 2 heterocycles. The van der Waals surface area contributed by atoms with Crippen molar-refractivity contribution >= 4 is 11.6 Å². The lowest BCUT2D eigenvalue weighted by Crippen LogP contribution is -2.08. The third-order valence-electron chi connectivity index (χ3n) is 3.26. The first-order valence-corrected chi connectivity index (χ1v) is 6.33. The number of rotatable bonds is 2. The Morgan fingerprint density at radius 3 is 3.06 bits per heavy atom. The van der Waals surface area contributed by atoms with E-state index in [1.165, 1.54) is 6.07 Å². The van der Waals surface area contributed by atoms with Crippen molar-refractivity contribution in [1.29, 1.82) is 0 Å². The van der Waals surface area contributed by atoms with Gasteiger partial charge >= 0.3 is 0 Å². The first-order valence-electron chi connectivity index (χ1n) is 5.95. The molecule has 94 valence electrons. The second-order valence-electron chi connectivity index (χ2n) is 4.50. The average Bonchev–Trinajstić information content (AvgIpc) is 3.00. The molecule has 5 heteroatoms. The summed E-state index contributed by atoms with van der Waals surface area (Å²) in [5, 5.41) is 3.80. The molecule has 0 bridgehead atoms. The molecule has 0 spiro atoms. The maximum atomic E-state index is 13.7. The van der Waals surface area contributed by atoms with Crippen LogP contribution in [0.25, 0.3) is 11.3 Å². The molecule has 0 radical (unpaired) electrons. The van der Waals surface area contributed by atoms with E-state index >= 15 is 0 Å². The number of halogens is 2. The second-order valence-corrected chi connectivity index (χ2v) is 4.93. The van der Waals surface area contributed by atoms with Gasteiger partial charge in [0, 0.05) is 23.0 Å². The smallest absolute Gasteiger partial charge is 0.132 e. The molecule has 1 unspecified atom stereocenters. The first-order chi connectivity index (χ1) is 8.74. The van der Waals surface area contributed by atoms with E-state index in [1.54, 1.807) is 18.3 Å². The van der Waals surface area contributed by atoms with Crippen LogP contribution in [0.2, 0.25) is 5.02 Å². The number of imidazole rings is 1. The highest BCUT2D eigenvalue weighted by atomic mass is 35.5. The molecule has 1 aliphatic heterocycles. The second kappa shape index (κ2) is 4.71. The van der Waals surface area contributed by atoms with E-state index in [-0.39, 0.29) is 5.82 Å². The summed E-state index contributed by atoms with van der Waals surface area (Å²) < 4.78 is 13.7. The fourth-order valence-corrected chi connectivity index (χ4v) is 2.45. The lowest BCUT2D eigenvalue weighted by Gasteiger charge is -2.04. The number of nitrogens with one attached hydrogen (secondary N) is 2. The number of aromatic nitrogens is 2. The van der Waals surface area contributed by atoms with Crippen LogP contribution < -0.4 is 5.32 Å². The number of H-pyrrole nitrogens is 1. The van der Waals surface area contributed by atoms with Gasteiger partial charge in [-0.25, -0.2) is 9.37 Å². The summed E-state index contributed by atoms with van der Waals surface area (Å²) in [6.07, 6.45) is 2.73. The van der Waals surface area contributed by atoms with Gasteiger partial charge in [-0.1, -0.05) is 11.6 Å². The van der Waals surface area contributed by atoms with E-state index in [0.717, 1.165) is 25.3 Å². The lowest BCUT2D eigenvalue weighted by molar-refractivity contribution is 0.630. The minimum atomic E-state index is -0.292.